The third-order valence-electron chi connectivity index (χ3n) is 1.39. The van der Waals surface area contributed by atoms with E-state index in [2.05, 4.69) is 15.9 Å². The van der Waals surface area contributed by atoms with Gasteiger partial charge in [-0.25, -0.2) is 0 Å². The van der Waals surface area contributed by atoms with Crippen molar-refractivity contribution in [2.45, 2.75) is 37.6 Å². The predicted octanol–water partition coefficient (Wildman–Crippen LogP) is 1.47. The number of hydrogen-bond donors (Lipinski definition) is 1. The number of ether oxygens (including phenoxy) is 1. The van der Waals surface area contributed by atoms with Crippen LogP contribution < -0.4 is 0 Å². The van der Waals surface area contributed by atoms with Crippen molar-refractivity contribution in [3.63, 3.8) is 0 Å². The van der Waals surface area contributed by atoms with Crippen molar-refractivity contribution in [3.8, 4) is 0 Å². The lowest BCUT2D eigenvalue weighted by Crippen LogP contribution is -2.28. The zero-order chi connectivity index (χ0) is 9.56. The Morgan fingerprint density at radius 2 is 2.25 bits per heavy atom. The summed E-state index contributed by atoms with van der Waals surface area (Å²) in [6.45, 7) is 4.00. The van der Waals surface area contributed by atoms with Gasteiger partial charge in [-0.3, -0.25) is 4.79 Å². The van der Waals surface area contributed by atoms with Gasteiger partial charge in [0.25, 0.3) is 0 Å². The van der Waals surface area contributed by atoms with Gasteiger partial charge < -0.3 is 9.84 Å². The lowest BCUT2D eigenvalue weighted by Gasteiger charge is -2.11. The Kier molecular flexibility index (Phi) is 6.38. The molecule has 1 N–H and O–H groups in total. The Hall–Kier alpha value is -0.0900. The first-order valence-corrected chi connectivity index (χ1v) is 5.00. The zero-order valence-corrected chi connectivity index (χ0v) is 9.00. The Morgan fingerprint density at radius 3 is 2.67 bits per heavy atom. The van der Waals surface area contributed by atoms with Crippen molar-refractivity contribution in [3.05, 3.63) is 0 Å². The van der Waals surface area contributed by atoms with E-state index in [0.29, 0.717) is 6.61 Å². The van der Waals surface area contributed by atoms with Crippen LogP contribution in [-0.4, -0.2) is 28.6 Å². The highest BCUT2D eigenvalue weighted by atomic mass is 79.9. The zero-order valence-electron chi connectivity index (χ0n) is 7.42. The maximum absolute atomic E-state index is 11.0. The van der Waals surface area contributed by atoms with Crippen LogP contribution in [-0.2, 0) is 9.53 Å². The number of esters is 1. The minimum Gasteiger partial charge on any atom is -0.465 e. The van der Waals surface area contributed by atoms with Crippen LogP contribution >= 0.6 is 15.9 Å². The van der Waals surface area contributed by atoms with Gasteiger partial charge in [0.2, 0.25) is 0 Å². The molecule has 3 nitrogen and oxygen atoms in total. The molecule has 0 aliphatic carbocycles. The van der Waals surface area contributed by atoms with Crippen LogP contribution in [0.1, 0.15) is 26.7 Å². The summed E-state index contributed by atoms with van der Waals surface area (Å²) in [5, 5.41) is 9.00. The van der Waals surface area contributed by atoms with Crippen LogP contribution in [0.4, 0.5) is 0 Å². The first-order valence-electron chi connectivity index (χ1n) is 4.08. The molecule has 0 aromatic rings. The van der Waals surface area contributed by atoms with Gasteiger partial charge >= 0.3 is 5.97 Å². The first-order chi connectivity index (χ1) is 5.59. The third kappa shape index (κ3) is 4.72. The molecule has 0 spiro atoms. The van der Waals surface area contributed by atoms with Crippen molar-refractivity contribution in [1.29, 1.82) is 0 Å². The highest BCUT2D eigenvalue weighted by Gasteiger charge is 2.21. The molecule has 0 aliphatic heterocycles. The quantitative estimate of drug-likeness (QED) is 0.449. The van der Waals surface area contributed by atoms with Gasteiger partial charge in [0, 0.05) is 0 Å². The molecule has 2 atom stereocenters. The molecule has 0 saturated heterocycles. The fourth-order valence-corrected chi connectivity index (χ4v) is 0.726. The molecule has 2 unspecified atom stereocenters. The van der Waals surface area contributed by atoms with E-state index in [9.17, 15) is 4.79 Å². The van der Waals surface area contributed by atoms with Crippen molar-refractivity contribution >= 4 is 21.9 Å². The van der Waals surface area contributed by atoms with Gasteiger partial charge in [-0.05, 0) is 13.3 Å². The summed E-state index contributed by atoms with van der Waals surface area (Å²) in [4.78, 5) is 10.4. The Balaban J connectivity index is 3.57. The topological polar surface area (TPSA) is 46.5 Å². The standard InChI is InChI=1S/C8H15BrO3/c1-3-4-5-12-8(11)7(9)6(2)10/h6-7,10H,3-5H2,1-2H3. The second kappa shape index (κ2) is 6.43. The lowest BCUT2D eigenvalue weighted by atomic mass is 10.3. The third-order valence-corrected chi connectivity index (χ3v) is 2.53. The van der Waals surface area contributed by atoms with Crippen LogP contribution in [0.5, 0.6) is 0 Å². The average Bonchev–Trinajstić information content (AvgIpc) is 2.03. The molecule has 72 valence electrons. The summed E-state index contributed by atoms with van der Waals surface area (Å²) < 4.78 is 4.86. The summed E-state index contributed by atoms with van der Waals surface area (Å²) in [5.41, 5.74) is 0. The molecule has 0 heterocycles. The van der Waals surface area contributed by atoms with E-state index in [1.165, 1.54) is 0 Å². The molecule has 0 rings (SSSR count). The van der Waals surface area contributed by atoms with Gasteiger partial charge in [0.05, 0.1) is 12.7 Å². The van der Waals surface area contributed by atoms with Crippen LogP contribution in [0.15, 0.2) is 0 Å². The second-order valence-electron chi connectivity index (χ2n) is 2.66. The molecule has 0 aliphatic rings. The van der Waals surface area contributed by atoms with Gasteiger partial charge in [-0.2, -0.15) is 0 Å². The Bertz CT molecular complexity index is 136. The van der Waals surface area contributed by atoms with E-state index in [4.69, 9.17) is 9.84 Å². The highest BCUT2D eigenvalue weighted by Crippen LogP contribution is 2.07. The van der Waals surface area contributed by atoms with E-state index >= 15 is 0 Å². The number of halogens is 1. The SMILES string of the molecule is CCCCOC(=O)C(Br)C(C)O. The molecule has 0 saturated carbocycles. The van der Waals surface area contributed by atoms with Crippen molar-refractivity contribution < 1.29 is 14.6 Å². The summed E-state index contributed by atoms with van der Waals surface area (Å²) in [6.07, 6.45) is 1.15. The van der Waals surface area contributed by atoms with E-state index in [1.807, 2.05) is 6.92 Å². The highest BCUT2D eigenvalue weighted by molar-refractivity contribution is 9.10. The predicted molar refractivity (Wildman–Crippen MR) is 50.3 cm³/mol. The summed E-state index contributed by atoms with van der Waals surface area (Å²) >= 11 is 3.04. The van der Waals surface area contributed by atoms with E-state index in [-0.39, 0.29) is 0 Å². The molecule has 4 heteroatoms. The molecule has 0 aromatic carbocycles. The minimum absolute atomic E-state index is 0.390. The number of unbranched alkanes of at least 4 members (excludes halogenated alkanes) is 1. The smallest absolute Gasteiger partial charge is 0.322 e. The molecule has 0 fully saturated rings. The fourth-order valence-electron chi connectivity index (χ4n) is 0.594. The molecule has 0 bridgehead atoms. The second-order valence-corrected chi connectivity index (χ2v) is 3.65. The van der Waals surface area contributed by atoms with Gasteiger partial charge in [0.15, 0.2) is 0 Å². The fraction of sp³-hybridized carbons (Fsp3) is 0.875. The molecule has 0 aromatic heterocycles. The molecular formula is C8H15BrO3. The average molecular weight is 239 g/mol. The lowest BCUT2D eigenvalue weighted by molar-refractivity contribution is -0.144. The Morgan fingerprint density at radius 1 is 1.67 bits per heavy atom. The summed E-state index contributed by atoms with van der Waals surface area (Å²) in [7, 11) is 0. The van der Waals surface area contributed by atoms with Crippen molar-refractivity contribution in [2.75, 3.05) is 6.61 Å². The van der Waals surface area contributed by atoms with Crippen molar-refractivity contribution in [2.24, 2.45) is 0 Å². The normalized spacial score (nSPS) is 15.3. The maximum atomic E-state index is 11.0. The largest absolute Gasteiger partial charge is 0.465 e. The molecule has 0 amide bonds. The van der Waals surface area contributed by atoms with E-state index < -0.39 is 16.9 Å². The van der Waals surface area contributed by atoms with Gasteiger partial charge in [-0.1, -0.05) is 29.3 Å². The number of carbonyl (C=O) groups is 1. The van der Waals surface area contributed by atoms with Crippen molar-refractivity contribution in [1.82, 2.24) is 0 Å². The Labute approximate surface area is 81.2 Å². The van der Waals surface area contributed by atoms with E-state index in [0.717, 1.165) is 12.8 Å². The number of hydrogen-bond acceptors (Lipinski definition) is 3. The van der Waals surface area contributed by atoms with Crippen LogP contribution in [0.2, 0.25) is 0 Å². The first kappa shape index (κ1) is 11.9. The number of alkyl halides is 1. The number of rotatable bonds is 5. The van der Waals surface area contributed by atoms with Gasteiger partial charge in [-0.15, -0.1) is 0 Å². The number of aliphatic hydroxyl groups excluding tert-OH is 1. The summed E-state index contributed by atoms with van der Waals surface area (Å²) in [5.74, 6) is -0.390. The molecule has 0 radical (unpaired) electrons. The van der Waals surface area contributed by atoms with Crippen LogP contribution in [0.3, 0.4) is 0 Å². The monoisotopic (exact) mass is 238 g/mol. The number of aliphatic hydroxyl groups is 1. The number of carbonyl (C=O) groups excluding carboxylic acids is 1. The molecule has 12 heavy (non-hydrogen) atoms. The maximum Gasteiger partial charge on any atom is 0.322 e. The summed E-state index contributed by atoms with van der Waals surface area (Å²) in [6, 6.07) is 0. The van der Waals surface area contributed by atoms with Crippen LogP contribution in [0.25, 0.3) is 0 Å². The van der Waals surface area contributed by atoms with E-state index in [1.54, 1.807) is 6.92 Å². The van der Waals surface area contributed by atoms with Gasteiger partial charge in [0.1, 0.15) is 4.83 Å². The minimum atomic E-state index is -0.709. The molecular weight excluding hydrogens is 224 g/mol. The van der Waals surface area contributed by atoms with Crippen LogP contribution in [0, 0.1) is 0 Å².